The van der Waals surface area contributed by atoms with E-state index in [1.807, 2.05) is 0 Å². The first kappa shape index (κ1) is 11.3. The van der Waals surface area contributed by atoms with Gasteiger partial charge in [-0.2, -0.15) is 0 Å². The minimum atomic E-state index is -0.423. The van der Waals surface area contributed by atoms with Crippen LogP contribution in [0.25, 0.3) is 0 Å². The lowest BCUT2D eigenvalue weighted by molar-refractivity contribution is 0.405. The van der Waals surface area contributed by atoms with Gasteiger partial charge in [-0.05, 0) is 31.5 Å². The first-order valence-electron chi connectivity index (χ1n) is 4.33. The van der Waals surface area contributed by atoms with Gasteiger partial charge in [0.05, 0.1) is 12.1 Å². The number of hydrogen-bond donors (Lipinski definition) is 1. The molecular weight excluding hydrogens is 205 g/mol. The molecule has 0 bridgehead atoms. The number of halogens is 2. The summed E-state index contributed by atoms with van der Waals surface area (Å²) in [5.74, 6) is 0.204. The quantitative estimate of drug-likeness (QED) is 0.843. The Morgan fingerprint density at radius 3 is 2.71 bits per heavy atom. The van der Waals surface area contributed by atoms with Gasteiger partial charge in [0, 0.05) is 5.56 Å². The molecule has 0 saturated carbocycles. The van der Waals surface area contributed by atoms with Crippen LogP contribution in [0.4, 0.5) is 4.39 Å². The monoisotopic (exact) mass is 217 g/mol. The number of hydrogen-bond acceptors (Lipinski definition) is 2. The topological polar surface area (TPSA) is 35.2 Å². The molecule has 0 aliphatic carbocycles. The highest BCUT2D eigenvalue weighted by molar-refractivity contribution is 6.31. The van der Waals surface area contributed by atoms with Gasteiger partial charge < -0.3 is 10.5 Å². The van der Waals surface area contributed by atoms with E-state index in [0.717, 1.165) is 5.56 Å². The Kier molecular flexibility index (Phi) is 3.72. The average Bonchev–Trinajstić information content (AvgIpc) is 2.14. The fourth-order valence-electron chi connectivity index (χ4n) is 1.45. The van der Waals surface area contributed by atoms with Crippen LogP contribution >= 0.6 is 11.6 Å². The highest BCUT2D eigenvalue weighted by Crippen LogP contribution is 2.32. The maximum Gasteiger partial charge on any atom is 0.142 e. The fraction of sp³-hybridized carbons (Fsp3) is 0.400. The number of methoxy groups -OCH3 is 1. The summed E-state index contributed by atoms with van der Waals surface area (Å²) in [7, 11) is 1.54. The van der Waals surface area contributed by atoms with Crippen molar-refractivity contribution in [1.29, 1.82) is 0 Å². The molecule has 0 amide bonds. The Morgan fingerprint density at radius 2 is 2.21 bits per heavy atom. The Bertz CT molecular complexity index is 341. The largest absolute Gasteiger partial charge is 0.496 e. The molecule has 0 saturated heterocycles. The second-order valence-corrected chi connectivity index (χ2v) is 3.42. The van der Waals surface area contributed by atoms with Crippen LogP contribution in [-0.4, -0.2) is 13.7 Å². The fourth-order valence-corrected chi connectivity index (χ4v) is 1.69. The van der Waals surface area contributed by atoms with Crippen LogP contribution in [0, 0.1) is 12.7 Å². The molecular formula is C10H13ClFNO. The van der Waals surface area contributed by atoms with Gasteiger partial charge in [0.2, 0.25) is 0 Å². The van der Waals surface area contributed by atoms with Gasteiger partial charge >= 0.3 is 0 Å². The summed E-state index contributed by atoms with van der Waals surface area (Å²) < 4.78 is 18.4. The summed E-state index contributed by atoms with van der Waals surface area (Å²) >= 11 is 5.82. The number of benzene rings is 1. The molecule has 14 heavy (non-hydrogen) atoms. The van der Waals surface area contributed by atoms with Gasteiger partial charge in [-0.15, -0.1) is 0 Å². The van der Waals surface area contributed by atoms with Gasteiger partial charge in [0.1, 0.15) is 11.6 Å². The molecule has 0 unspecified atom stereocenters. The zero-order valence-electron chi connectivity index (χ0n) is 8.23. The second-order valence-electron chi connectivity index (χ2n) is 3.04. The van der Waals surface area contributed by atoms with Crippen molar-refractivity contribution in [3.05, 3.63) is 28.0 Å². The van der Waals surface area contributed by atoms with Crippen molar-refractivity contribution in [2.75, 3.05) is 13.7 Å². The summed E-state index contributed by atoms with van der Waals surface area (Å²) in [5, 5.41) is 0.109. The van der Waals surface area contributed by atoms with E-state index in [1.165, 1.54) is 13.2 Å². The molecule has 1 aromatic rings. The number of aryl methyl sites for hydroxylation is 1. The van der Waals surface area contributed by atoms with Gasteiger partial charge in [0.15, 0.2) is 0 Å². The normalized spacial score (nSPS) is 10.4. The van der Waals surface area contributed by atoms with Gasteiger partial charge in [-0.1, -0.05) is 11.6 Å². The van der Waals surface area contributed by atoms with E-state index in [4.69, 9.17) is 22.1 Å². The molecule has 0 aromatic heterocycles. The maximum atomic E-state index is 13.3. The zero-order chi connectivity index (χ0) is 10.7. The number of ether oxygens (including phenoxy) is 1. The minimum Gasteiger partial charge on any atom is -0.496 e. The molecule has 2 N–H and O–H groups in total. The van der Waals surface area contributed by atoms with Gasteiger partial charge in [0.25, 0.3) is 0 Å². The predicted octanol–water partition coefficient (Wildman–Crippen LogP) is 2.30. The Hall–Kier alpha value is -0.800. The van der Waals surface area contributed by atoms with E-state index in [9.17, 15) is 4.39 Å². The molecule has 1 rings (SSSR count). The summed E-state index contributed by atoms with van der Waals surface area (Å²) in [6.45, 7) is 2.19. The van der Waals surface area contributed by atoms with Gasteiger partial charge in [-0.25, -0.2) is 4.39 Å². The lowest BCUT2D eigenvalue weighted by atomic mass is 10.1. The SMILES string of the molecule is COc1c(C)cc(F)c(Cl)c1CCN. The smallest absolute Gasteiger partial charge is 0.142 e. The summed E-state index contributed by atoms with van der Waals surface area (Å²) in [4.78, 5) is 0. The van der Waals surface area contributed by atoms with Crippen molar-refractivity contribution in [1.82, 2.24) is 0 Å². The van der Waals surface area contributed by atoms with E-state index < -0.39 is 5.82 Å². The lowest BCUT2D eigenvalue weighted by Gasteiger charge is -2.13. The molecule has 4 heteroatoms. The predicted molar refractivity (Wildman–Crippen MR) is 55.5 cm³/mol. The van der Waals surface area contributed by atoms with Crippen molar-refractivity contribution >= 4 is 11.6 Å². The number of nitrogens with two attached hydrogens (primary N) is 1. The van der Waals surface area contributed by atoms with Crippen molar-refractivity contribution in [3.8, 4) is 5.75 Å². The zero-order valence-corrected chi connectivity index (χ0v) is 8.99. The Morgan fingerprint density at radius 1 is 1.57 bits per heavy atom. The second kappa shape index (κ2) is 4.62. The van der Waals surface area contributed by atoms with Crippen LogP contribution in [0.1, 0.15) is 11.1 Å². The third-order valence-electron chi connectivity index (χ3n) is 2.05. The van der Waals surface area contributed by atoms with Crippen molar-refractivity contribution in [3.63, 3.8) is 0 Å². The van der Waals surface area contributed by atoms with Crippen LogP contribution in [0.2, 0.25) is 5.02 Å². The third kappa shape index (κ3) is 1.99. The summed E-state index contributed by atoms with van der Waals surface area (Å²) in [5.41, 5.74) is 6.80. The van der Waals surface area contributed by atoms with Crippen LogP contribution in [-0.2, 0) is 6.42 Å². The van der Waals surface area contributed by atoms with Crippen LogP contribution in [0.5, 0.6) is 5.75 Å². The van der Waals surface area contributed by atoms with E-state index in [0.29, 0.717) is 24.3 Å². The Labute approximate surface area is 87.8 Å². The van der Waals surface area contributed by atoms with Gasteiger partial charge in [-0.3, -0.25) is 0 Å². The summed E-state index contributed by atoms with van der Waals surface area (Å²) in [6, 6.07) is 1.36. The lowest BCUT2D eigenvalue weighted by Crippen LogP contribution is -2.06. The van der Waals surface area contributed by atoms with E-state index in [2.05, 4.69) is 0 Å². The molecule has 0 aliphatic heterocycles. The first-order valence-corrected chi connectivity index (χ1v) is 4.71. The molecule has 0 atom stereocenters. The van der Waals surface area contributed by atoms with Crippen LogP contribution < -0.4 is 10.5 Å². The van der Waals surface area contributed by atoms with Crippen molar-refractivity contribution in [2.24, 2.45) is 5.73 Å². The van der Waals surface area contributed by atoms with Crippen molar-refractivity contribution in [2.45, 2.75) is 13.3 Å². The van der Waals surface area contributed by atoms with Crippen LogP contribution in [0.15, 0.2) is 6.07 Å². The number of rotatable bonds is 3. The van der Waals surface area contributed by atoms with Crippen molar-refractivity contribution < 1.29 is 9.13 Å². The molecule has 2 nitrogen and oxygen atoms in total. The molecule has 0 heterocycles. The summed E-state index contributed by atoms with van der Waals surface area (Å²) in [6.07, 6.45) is 0.514. The average molecular weight is 218 g/mol. The molecule has 0 aliphatic rings. The highest BCUT2D eigenvalue weighted by atomic mass is 35.5. The molecule has 0 fully saturated rings. The minimum absolute atomic E-state index is 0.109. The van der Waals surface area contributed by atoms with E-state index in [1.54, 1.807) is 6.92 Å². The first-order chi connectivity index (χ1) is 6.61. The Balaban J connectivity index is 3.32. The van der Waals surface area contributed by atoms with Crippen LogP contribution in [0.3, 0.4) is 0 Å². The third-order valence-corrected chi connectivity index (χ3v) is 2.46. The molecule has 1 aromatic carbocycles. The molecule has 0 spiro atoms. The standard InChI is InChI=1S/C10H13ClFNO/c1-6-5-8(12)9(11)7(3-4-13)10(6)14-2/h5H,3-4,13H2,1-2H3. The maximum absolute atomic E-state index is 13.3. The molecule has 0 radical (unpaired) electrons. The molecule has 78 valence electrons. The van der Waals surface area contributed by atoms with E-state index >= 15 is 0 Å². The van der Waals surface area contributed by atoms with E-state index in [-0.39, 0.29) is 5.02 Å². The highest BCUT2D eigenvalue weighted by Gasteiger charge is 2.14.